The van der Waals surface area contributed by atoms with E-state index in [1.165, 1.54) is 63.4 Å². The third-order valence-corrected chi connectivity index (χ3v) is 5.70. The lowest BCUT2D eigenvalue weighted by atomic mass is 9.73. The van der Waals surface area contributed by atoms with E-state index < -0.39 is 0 Å². The topological polar surface area (TPSA) is 9.23 Å². The molecule has 1 heteroatoms. The van der Waals surface area contributed by atoms with Gasteiger partial charge in [0, 0.05) is 0 Å². The molecule has 0 N–H and O–H groups in total. The van der Waals surface area contributed by atoms with Gasteiger partial charge in [0.2, 0.25) is 0 Å². The van der Waals surface area contributed by atoms with Crippen LogP contribution in [-0.2, 0) is 6.42 Å². The zero-order chi connectivity index (χ0) is 16.5. The zero-order valence-corrected chi connectivity index (χ0v) is 15.5. The highest BCUT2D eigenvalue weighted by molar-refractivity contribution is 5.27. The van der Waals surface area contributed by atoms with E-state index in [1.807, 2.05) is 6.92 Å². The molecule has 1 aromatic carbocycles. The first-order valence-electron chi connectivity index (χ1n) is 9.94. The molecule has 0 heterocycles. The van der Waals surface area contributed by atoms with E-state index in [9.17, 15) is 0 Å². The molecule has 130 valence electrons. The summed E-state index contributed by atoms with van der Waals surface area (Å²) >= 11 is 0. The van der Waals surface area contributed by atoms with E-state index in [2.05, 4.69) is 38.1 Å². The van der Waals surface area contributed by atoms with E-state index in [1.54, 1.807) is 0 Å². The minimum Gasteiger partial charge on any atom is -0.494 e. The molecule has 1 fully saturated rings. The van der Waals surface area contributed by atoms with Crippen molar-refractivity contribution in [2.24, 2.45) is 17.8 Å². The number of benzene rings is 1. The summed E-state index contributed by atoms with van der Waals surface area (Å²) in [4.78, 5) is 0. The molecule has 1 unspecified atom stereocenters. The van der Waals surface area contributed by atoms with Crippen LogP contribution in [0, 0.1) is 17.8 Å². The Morgan fingerprint density at radius 3 is 2.30 bits per heavy atom. The normalized spacial score (nSPS) is 22.7. The van der Waals surface area contributed by atoms with Crippen LogP contribution in [-0.4, -0.2) is 6.61 Å². The van der Waals surface area contributed by atoms with Crippen molar-refractivity contribution in [3.8, 4) is 5.75 Å². The van der Waals surface area contributed by atoms with Gasteiger partial charge in [-0.25, -0.2) is 0 Å². The molecular formula is C22H36O. The van der Waals surface area contributed by atoms with Crippen molar-refractivity contribution in [2.45, 2.75) is 78.6 Å². The molecule has 1 nitrogen and oxygen atoms in total. The summed E-state index contributed by atoms with van der Waals surface area (Å²) in [6, 6.07) is 8.74. The minimum atomic E-state index is 0.747. The van der Waals surface area contributed by atoms with Gasteiger partial charge in [-0.3, -0.25) is 0 Å². The molecule has 0 aromatic heterocycles. The Balaban J connectivity index is 1.73. The Morgan fingerprint density at radius 1 is 1.00 bits per heavy atom. The van der Waals surface area contributed by atoms with Gasteiger partial charge in [-0.05, 0) is 61.6 Å². The van der Waals surface area contributed by atoms with Gasteiger partial charge in [0.25, 0.3) is 0 Å². The van der Waals surface area contributed by atoms with Crippen LogP contribution in [0.1, 0.15) is 77.7 Å². The van der Waals surface area contributed by atoms with Crippen molar-refractivity contribution in [1.29, 1.82) is 0 Å². The maximum absolute atomic E-state index is 5.53. The van der Waals surface area contributed by atoms with Crippen LogP contribution >= 0.6 is 0 Å². The highest BCUT2D eigenvalue weighted by atomic mass is 16.5. The number of ether oxygens (including phenoxy) is 1. The SMILES string of the molecule is CCCCCC1CCC(C(C)Cc2ccc(OCC)cc2)CC1. The second-order valence-corrected chi connectivity index (χ2v) is 7.53. The summed E-state index contributed by atoms with van der Waals surface area (Å²) in [6.45, 7) is 7.55. The van der Waals surface area contributed by atoms with Crippen LogP contribution in [0.5, 0.6) is 5.75 Å². The standard InChI is InChI=1S/C22H36O/c1-4-6-7-8-19-9-13-21(14-10-19)18(3)17-20-11-15-22(16-12-20)23-5-2/h11-12,15-16,18-19,21H,4-10,13-14,17H2,1-3H3. The lowest BCUT2D eigenvalue weighted by molar-refractivity contribution is 0.204. The van der Waals surface area contributed by atoms with Gasteiger partial charge in [-0.15, -0.1) is 0 Å². The highest BCUT2D eigenvalue weighted by Crippen LogP contribution is 2.36. The van der Waals surface area contributed by atoms with Gasteiger partial charge in [0.15, 0.2) is 0 Å². The summed E-state index contributed by atoms with van der Waals surface area (Å²) in [7, 11) is 0. The summed E-state index contributed by atoms with van der Waals surface area (Å²) in [5.41, 5.74) is 1.46. The second-order valence-electron chi connectivity index (χ2n) is 7.53. The van der Waals surface area contributed by atoms with Crippen LogP contribution in [0.2, 0.25) is 0 Å². The molecule has 0 bridgehead atoms. The predicted molar refractivity (Wildman–Crippen MR) is 100 cm³/mol. The third kappa shape index (κ3) is 6.20. The average Bonchev–Trinajstić information content (AvgIpc) is 2.58. The maximum Gasteiger partial charge on any atom is 0.119 e. The molecular weight excluding hydrogens is 280 g/mol. The first-order chi connectivity index (χ1) is 11.2. The molecule has 0 saturated heterocycles. The fraction of sp³-hybridized carbons (Fsp3) is 0.727. The molecule has 0 aliphatic heterocycles. The predicted octanol–water partition coefficient (Wildman–Crippen LogP) is 6.65. The van der Waals surface area contributed by atoms with Gasteiger partial charge >= 0.3 is 0 Å². The van der Waals surface area contributed by atoms with E-state index >= 15 is 0 Å². The van der Waals surface area contributed by atoms with Gasteiger partial charge < -0.3 is 4.74 Å². The largest absolute Gasteiger partial charge is 0.494 e. The number of hydrogen-bond acceptors (Lipinski definition) is 1. The van der Waals surface area contributed by atoms with E-state index in [0.29, 0.717) is 0 Å². The van der Waals surface area contributed by atoms with Gasteiger partial charge in [0.1, 0.15) is 5.75 Å². The van der Waals surface area contributed by atoms with Gasteiger partial charge in [-0.1, -0.05) is 64.5 Å². The second kappa shape index (κ2) is 10.0. The Bertz CT molecular complexity index is 414. The van der Waals surface area contributed by atoms with E-state index in [-0.39, 0.29) is 0 Å². The van der Waals surface area contributed by atoms with Crippen LogP contribution in [0.3, 0.4) is 0 Å². The van der Waals surface area contributed by atoms with Crippen molar-refractivity contribution in [3.63, 3.8) is 0 Å². The first kappa shape index (κ1) is 18.4. The molecule has 0 radical (unpaired) electrons. The molecule has 1 aliphatic carbocycles. The fourth-order valence-electron chi connectivity index (χ4n) is 4.16. The van der Waals surface area contributed by atoms with Gasteiger partial charge in [0.05, 0.1) is 6.61 Å². The van der Waals surface area contributed by atoms with E-state index in [4.69, 9.17) is 4.74 Å². The lowest BCUT2D eigenvalue weighted by Gasteiger charge is -2.32. The van der Waals surface area contributed by atoms with Crippen molar-refractivity contribution in [2.75, 3.05) is 6.61 Å². The van der Waals surface area contributed by atoms with Gasteiger partial charge in [-0.2, -0.15) is 0 Å². The third-order valence-electron chi connectivity index (χ3n) is 5.70. The Kier molecular flexibility index (Phi) is 7.99. The smallest absolute Gasteiger partial charge is 0.119 e. The minimum absolute atomic E-state index is 0.747. The molecule has 1 atom stereocenters. The first-order valence-corrected chi connectivity index (χ1v) is 9.94. The molecule has 1 aliphatic rings. The maximum atomic E-state index is 5.53. The van der Waals surface area contributed by atoms with E-state index in [0.717, 1.165) is 30.1 Å². The van der Waals surface area contributed by atoms with Crippen molar-refractivity contribution < 1.29 is 4.74 Å². The van der Waals surface area contributed by atoms with Crippen molar-refractivity contribution in [3.05, 3.63) is 29.8 Å². The highest BCUT2D eigenvalue weighted by Gasteiger charge is 2.25. The molecule has 23 heavy (non-hydrogen) atoms. The average molecular weight is 317 g/mol. The summed E-state index contributed by atoms with van der Waals surface area (Å²) in [5, 5.41) is 0. The fourth-order valence-corrected chi connectivity index (χ4v) is 4.16. The number of rotatable bonds is 9. The molecule has 2 rings (SSSR count). The monoisotopic (exact) mass is 316 g/mol. The molecule has 0 spiro atoms. The quantitative estimate of drug-likeness (QED) is 0.463. The summed E-state index contributed by atoms with van der Waals surface area (Å²) in [6.07, 6.45) is 12.8. The van der Waals surface area contributed by atoms with Crippen LogP contribution in [0.15, 0.2) is 24.3 Å². The Hall–Kier alpha value is -0.980. The zero-order valence-electron chi connectivity index (χ0n) is 15.5. The summed E-state index contributed by atoms with van der Waals surface area (Å²) in [5.74, 6) is 3.76. The number of hydrogen-bond donors (Lipinski definition) is 0. The van der Waals surface area contributed by atoms with Crippen molar-refractivity contribution in [1.82, 2.24) is 0 Å². The van der Waals surface area contributed by atoms with Crippen LogP contribution in [0.4, 0.5) is 0 Å². The lowest BCUT2D eigenvalue weighted by Crippen LogP contribution is -2.21. The molecule has 1 saturated carbocycles. The van der Waals surface area contributed by atoms with Crippen LogP contribution < -0.4 is 4.74 Å². The molecule has 1 aromatic rings. The van der Waals surface area contributed by atoms with Crippen molar-refractivity contribution >= 4 is 0 Å². The Morgan fingerprint density at radius 2 is 1.70 bits per heavy atom. The Labute approximate surface area is 143 Å². The molecule has 0 amide bonds. The number of unbranched alkanes of at least 4 members (excludes halogenated alkanes) is 2. The summed E-state index contributed by atoms with van der Waals surface area (Å²) < 4.78 is 5.53. The van der Waals surface area contributed by atoms with Crippen LogP contribution in [0.25, 0.3) is 0 Å².